The van der Waals surface area contributed by atoms with Crippen molar-refractivity contribution in [2.24, 2.45) is 0 Å². The molecule has 0 saturated carbocycles. The second-order valence-corrected chi connectivity index (χ2v) is 2.51. The molecule has 1 aromatic rings. The highest BCUT2D eigenvalue weighted by atomic mass is 35.5. The van der Waals surface area contributed by atoms with Gasteiger partial charge in [-0.2, -0.15) is 0 Å². The quantitative estimate of drug-likeness (QED) is 0.542. The molecule has 52 valence electrons. The van der Waals surface area contributed by atoms with Gasteiger partial charge in [0.2, 0.25) is 0 Å². The topological polar surface area (TPSA) is 0 Å². The van der Waals surface area contributed by atoms with Crippen LogP contribution in [0.2, 0.25) is 5.02 Å². The molecule has 0 aliphatic carbocycles. The molecule has 0 aliphatic rings. The zero-order valence-corrected chi connectivity index (χ0v) is 6.45. The van der Waals surface area contributed by atoms with E-state index in [0.29, 0.717) is 0 Å². The summed E-state index contributed by atoms with van der Waals surface area (Å²) in [5, 5.41) is 0.208. The monoisotopic (exact) mass is 156 g/mol. The lowest BCUT2D eigenvalue weighted by atomic mass is 9.97. The zero-order valence-electron chi connectivity index (χ0n) is 5.70. The highest BCUT2D eigenvalue weighted by molar-refractivity contribution is 6.30. The standard InChI is InChI=1S/C7H7BClF/c8-4-5-1-2-7(10)6(9)3-5/h1-3H,4,8H2. The summed E-state index contributed by atoms with van der Waals surface area (Å²) in [7, 11) is 2.00. The SMILES string of the molecule is BCc1ccc(F)c(Cl)c1. The Morgan fingerprint density at radius 1 is 1.50 bits per heavy atom. The van der Waals surface area contributed by atoms with Gasteiger partial charge in [-0.3, -0.25) is 0 Å². The van der Waals surface area contributed by atoms with Crippen molar-refractivity contribution in [1.29, 1.82) is 0 Å². The molecule has 0 saturated heterocycles. The first-order valence-corrected chi connectivity index (χ1v) is 3.55. The first kappa shape index (κ1) is 7.61. The van der Waals surface area contributed by atoms with Crippen molar-refractivity contribution < 1.29 is 4.39 Å². The van der Waals surface area contributed by atoms with Crippen molar-refractivity contribution in [2.45, 2.75) is 6.32 Å². The van der Waals surface area contributed by atoms with Crippen LogP contribution < -0.4 is 0 Å². The minimum atomic E-state index is -0.348. The first-order valence-electron chi connectivity index (χ1n) is 3.18. The van der Waals surface area contributed by atoms with Gasteiger partial charge in [0.1, 0.15) is 13.7 Å². The highest BCUT2D eigenvalue weighted by Gasteiger charge is 1.97. The van der Waals surface area contributed by atoms with Crippen LogP contribution in [-0.4, -0.2) is 7.85 Å². The van der Waals surface area contributed by atoms with Gasteiger partial charge < -0.3 is 0 Å². The van der Waals surface area contributed by atoms with Crippen LogP contribution >= 0.6 is 11.6 Å². The van der Waals surface area contributed by atoms with Gasteiger partial charge in [-0.1, -0.05) is 29.6 Å². The lowest BCUT2D eigenvalue weighted by molar-refractivity contribution is 0.628. The molecule has 10 heavy (non-hydrogen) atoms. The maximum Gasteiger partial charge on any atom is 0.141 e. The third-order valence-corrected chi connectivity index (χ3v) is 1.68. The van der Waals surface area contributed by atoms with E-state index in [1.807, 2.05) is 7.85 Å². The summed E-state index contributed by atoms with van der Waals surface area (Å²) >= 11 is 5.52. The van der Waals surface area contributed by atoms with Crippen LogP contribution in [0.25, 0.3) is 0 Å². The molecule has 0 nitrogen and oxygen atoms in total. The molecule has 0 aliphatic heterocycles. The van der Waals surface area contributed by atoms with E-state index in [0.717, 1.165) is 11.9 Å². The van der Waals surface area contributed by atoms with Gasteiger partial charge in [-0.25, -0.2) is 4.39 Å². The van der Waals surface area contributed by atoms with E-state index in [1.165, 1.54) is 6.07 Å². The fourth-order valence-electron chi connectivity index (χ4n) is 0.760. The molecular weight excluding hydrogens is 149 g/mol. The van der Waals surface area contributed by atoms with Crippen LogP contribution in [0.5, 0.6) is 0 Å². The van der Waals surface area contributed by atoms with Gasteiger partial charge in [-0.05, 0) is 12.1 Å². The third kappa shape index (κ3) is 1.51. The van der Waals surface area contributed by atoms with E-state index >= 15 is 0 Å². The van der Waals surface area contributed by atoms with Gasteiger partial charge in [0, 0.05) is 0 Å². The summed E-state index contributed by atoms with van der Waals surface area (Å²) in [5.41, 5.74) is 1.06. The summed E-state index contributed by atoms with van der Waals surface area (Å²) in [4.78, 5) is 0. The average Bonchev–Trinajstić information content (AvgIpc) is 1.95. The molecular formula is C7H7BClF. The molecule has 0 atom stereocenters. The second-order valence-electron chi connectivity index (χ2n) is 2.10. The van der Waals surface area contributed by atoms with Crippen LogP contribution in [0, 0.1) is 5.82 Å². The maximum atomic E-state index is 12.5. The Labute approximate surface area is 65.4 Å². The fourth-order valence-corrected chi connectivity index (χ4v) is 0.963. The summed E-state index contributed by atoms with van der Waals surface area (Å²) in [6.45, 7) is 0. The third-order valence-electron chi connectivity index (χ3n) is 1.39. The Kier molecular flexibility index (Phi) is 2.33. The van der Waals surface area contributed by atoms with Crippen molar-refractivity contribution in [3.63, 3.8) is 0 Å². The van der Waals surface area contributed by atoms with Crippen LogP contribution in [0.4, 0.5) is 4.39 Å². The number of hydrogen-bond acceptors (Lipinski definition) is 0. The van der Waals surface area contributed by atoms with Gasteiger partial charge in [-0.15, -0.1) is 0 Å². The molecule has 3 heteroatoms. The second kappa shape index (κ2) is 3.06. The van der Waals surface area contributed by atoms with Crippen LogP contribution in [-0.2, 0) is 6.32 Å². The Bertz CT molecular complexity index is 237. The number of halogens is 2. The Morgan fingerprint density at radius 3 is 2.70 bits per heavy atom. The zero-order chi connectivity index (χ0) is 7.56. The number of benzene rings is 1. The lowest BCUT2D eigenvalue weighted by Crippen LogP contribution is -1.84. The highest BCUT2D eigenvalue weighted by Crippen LogP contribution is 2.15. The van der Waals surface area contributed by atoms with E-state index in [9.17, 15) is 4.39 Å². The molecule has 1 aromatic carbocycles. The van der Waals surface area contributed by atoms with Gasteiger partial charge >= 0.3 is 0 Å². The molecule has 0 spiro atoms. The maximum absolute atomic E-state index is 12.5. The molecule has 0 N–H and O–H groups in total. The number of rotatable bonds is 1. The van der Waals surface area contributed by atoms with Crippen LogP contribution in [0.1, 0.15) is 5.56 Å². The van der Waals surface area contributed by atoms with Crippen molar-refractivity contribution in [1.82, 2.24) is 0 Å². The summed E-state index contributed by atoms with van der Waals surface area (Å²) in [6, 6.07) is 4.78. The van der Waals surface area contributed by atoms with Crippen molar-refractivity contribution in [3.05, 3.63) is 34.6 Å². The predicted molar refractivity (Wildman–Crippen MR) is 43.7 cm³/mol. The minimum Gasteiger partial charge on any atom is -0.205 e. The van der Waals surface area contributed by atoms with Crippen molar-refractivity contribution in [2.75, 3.05) is 0 Å². The molecule has 0 radical (unpaired) electrons. The van der Waals surface area contributed by atoms with Gasteiger partial charge in [0.05, 0.1) is 5.02 Å². The van der Waals surface area contributed by atoms with E-state index in [4.69, 9.17) is 11.6 Å². The van der Waals surface area contributed by atoms with Crippen molar-refractivity contribution >= 4 is 19.4 Å². The molecule has 1 rings (SSSR count). The number of hydrogen-bond donors (Lipinski definition) is 0. The Balaban J connectivity index is 3.04. The lowest BCUT2D eigenvalue weighted by Gasteiger charge is -1.96. The summed E-state index contributed by atoms with van der Waals surface area (Å²) in [6.07, 6.45) is 0.889. The van der Waals surface area contributed by atoms with Crippen LogP contribution in [0.3, 0.4) is 0 Å². The summed E-state index contributed by atoms with van der Waals surface area (Å²) in [5.74, 6) is -0.348. The molecule has 0 unspecified atom stereocenters. The van der Waals surface area contributed by atoms with Crippen molar-refractivity contribution in [3.8, 4) is 0 Å². The van der Waals surface area contributed by atoms with E-state index in [1.54, 1.807) is 12.1 Å². The Morgan fingerprint density at radius 2 is 2.20 bits per heavy atom. The molecule has 0 amide bonds. The predicted octanol–water partition coefficient (Wildman–Crippen LogP) is 1.61. The van der Waals surface area contributed by atoms with E-state index < -0.39 is 0 Å². The summed E-state index contributed by atoms with van der Waals surface area (Å²) < 4.78 is 12.5. The Hall–Kier alpha value is -0.495. The molecule has 0 aromatic heterocycles. The molecule has 0 fully saturated rings. The van der Waals surface area contributed by atoms with Crippen LogP contribution in [0.15, 0.2) is 18.2 Å². The van der Waals surface area contributed by atoms with E-state index in [2.05, 4.69) is 0 Å². The minimum absolute atomic E-state index is 0.208. The average molecular weight is 156 g/mol. The smallest absolute Gasteiger partial charge is 0.141 e. The largest absolute Gasteiger partial charge is 0.205 e. The normalized spacial score (nSPS) is 9.80. The van der Waals surface area contributed by atoms with Gasteiger partial charge in [0.15, 0.2) is 0 Å². The van der Waals surface area contributed by atoms with Gasteiger partial charge in [0.25, 0.3) is 0 Å². The first-order chi connectivity index (χ1) is 4.74. The fraction of sp³-hybridized carbons (Fsp3) is 0.143. The molecule has 0 bridgehead atoms. The molecule has 0 heterocycles. The van der Waals surface area contributed by atoms with E-state index in [-0.39, 0.29) is 10.8 Å².